The molecule has 1 heterocycles. The third kappa shape index (κ3) is 5.06. The summed E-state index contributed by atoms with van der Waals surface area (Å²) < 4.78 is 41.6. The number of imidazole rings is 1. The van der Waals surface area contributed by atoms with Crippen molar-refractivity contribution in [1.29, 1.82) is 0 Å². The Morgan fingerprint density at radius 3 is 2.52 bits per heavy atom. The molecule has 1 atom stereocenters. The molecule has 0 saturated carbocycles. The number of carboxylic acid groups (broad SMARTS) is 1. The van der Waals surface area contributed by atoms with Gasteiger partial charge in [-0.1, -0.05) is 48.5 Å². The van der Waals surface area contributed by atoms with E-state index in [1.165, 1.54) is 6.07 Å². The normalized spacial score (nSPS) is 12.7. The van der Waals surface area contributed by atoms with Gasteiger partial charge in [0.25, 0.3) is 0 Å². The molecule has 0 amide bonds. The minimum atomic E-state index is -4.52. The number of halogens is 3. The fraction of sp³-hybridized carbons (Fsp3) is 0.200. The number of rotatable bonds is 7. The van der Waals surface area contributed by atoms with Crippen molar-refractivity contribution in [1.82, 2.24) is 15.3 Å². The van der Waals surface area contributed by atoms with Gasteiger partial charge in [0.15, 0.2) is 0 Å². The van der Waals surface area contributed by atoms with Crippen molar-refractivity contribution in [2.45, 2.75) is 25.6 Å². The molecule has 170 valence electrons. The van der Waals surface area contributed by atoms with E-state index < -0.39 is 17.7 Å². The van der Waals surface area contributed by atoms with Crippen molar-refractivity contribution in [2.24, 2.45) is 0 Å². The molecule has 0 saturated heterocycles. The molecule has 33 heavy (non-hydrogen) atoms. The predicted molar refractivity (Wildman–Crippen MR) is 121 cm³/mol. The zero-order valence-electron chi connectivity index (χ0n) is 17.8. The Morgan fingerprint density at radius 1 is 1.06 bits per heavy atom. The highest BCUT2D eigenvalue weighted by atomic mass is 19.4. The average Bonchev–Trinajstić information content (AvgIpc) is 3.22. The highest BCUT2D eigenvalue weighted by Gasteiger charge is 2.34. The largest absolute Gasteiger partial charge is 0.481 e. The number of carbonyl (C=O) groups is 1. The van der Waals surface area contributed by atoms with Gasteiger partial charge in [-0.05, 0) is 41.8 Å². The fourth-order valence-electron chi connectivity index (χ4n) is 3.74. The molecule has 4 aromatic rings. The number of aliphatic carboxylic acids is 1. The number of benzene rings is 3. The third-order valence-electron chi connectivity index (χ3n) is 5.48. The van der Waals surface area contributed by atoms with E-state index in [2.05, 4.69) is 15.3 Å². The Bertz CT molecular complexity index is 1280. The van der Waals surface area contributed by atoms with Crippen LogP contribution in [-0.4, -0.2) is 27.6 Å². The van der Waals surface area contributed by atoms with Crippen molar-refractivity contribution in [2.75, 3.05) is 6.54 Å². The van der Waals surface area contributed by atoms with Crippen LogP contribution in [0, 0.1) is 0 Å². The van der Waals surface area contributed by atoms with Gasteiger partial charge in [-0.3, -0.25) is 4.79 Å². The molecule has 0 fully saturated rings. The van der Waals surface area contributed by atoms with E-state index in [9.17, 15) is 18.0 Å². The second kappa shape index (κ2) is 9.07. The molecule has 0 aliphatic heterocycles. The summed E-state index contributed by atoms with van der Waals surface area (Å²) in [7, 11) is 0. The minimum Gasteiger partial charge on any atom is -0.481 e. The number of hydrogen-bond donors (Lipinski definition) is 3. The van der Waals surface area contributed by atoms with Gasteiger partial charge in [-0.2, -0.15) is 13.2 Å². The quantitative estimate of drug-likeness (QED) is 0.319. The number of hydrogen-bond acceptors (Lipinski definition) is 3. The van der Waals surface area contributed by atoms with Crippen LogP contribution in [0.5, 0.6) is 0 Å². The van der Waals surface area contributed by atoms with Crippen molar-refractivity contribution >= 4 is 17.0 Å². The summed E-state index contributed by atoms with van der Waals surface area (Å²) in [5, 5.41) is 11.9. The number of alkyl halides is 3. The maximum atomic E-state index is 13.9. The molecule has 0 radical (unpaired) electrons. The van der Waals surface area contributed by atoms with Crippen molar-refractivity contribution in [3.8, 4) is 22.5 Å². The molecule has 1 aromatic heterocycles. The van der Waals surface area contributed by atoms with Crippen LogP contribution < -0.4 is 5.32 Å². The van der Waals surface area contributed by atoms with Gasteiger partial charge in [0.1, 0.15) is 5.82 Å². The number of fused-ring (bicyclic) bond motifs is 1. The van der Waals surface area contributed by atoms with E-state index in [-0.39, 0.29) is 18.0 Å². The smallest absolute Gasteiger partial charge is 0.417 e. The van der Waals surface area contributed by atoms with Gasteiger partial charge in [0.2, 0.25) is 0 Å². The minimum absolute atomic E-state index is 0.0135. The first-order chi connectivity index (χ1) is 15.7. The molecule has 1 unspecified atom stereocenters. The summed E-state index contributed by atoms with van der Waals surface area (Å²) in [6.07, 6.45) is -4.50. The molecule has 5 nitrogen and oxygen atoms in total. The summed E-state index contributed by atoms with van der Waals surface area (Å²) in [5.74, 6) is -0.530. The lowest BCUT2D eigenvalue weighted by Crippen LogP contribution is -2.21. The Labute approximate surface area is 188 Å². The number of carboxylic acids is 1. The van der Waals surface area contributed by atoms with Gasteiger partial charge >= 0.3 is 12.1 Å². The molecular weight excluding hydrogens is 431 g/mol. The van der Waals surface area contributed by atoms with Crippen molar-refractivity contribution in [3.63, 3.8) is 0 Å². The highest BCUT2D eigenvalue weighted by molar-refractivity contribution is 5.81. The lowest BCUT2D eigenvalue weighted by molar-refractivity contribution is -0.137. The molecular formula is C25H22F3N3O2. The second-order valence-corrected chi connectivity index (χ2v) is 7.81. The average molecular weight is 453 g/mol. The van der Waals surface area contributed by atoms with Crippen LogP contribution in [0.2, 0.25) is 0 Å². The standard InChI is InChI=1S/C25H22F3N3O2/c1-15(29-12-11-23(32)33)17-8-10-21-22(14-17)31-24(30-21)18-7-9-19(16-5-3-2-4-6-16)20(13-18)25(26,27)28/h2-10,13-15,29H,11-12H2,1H3,(H,30,31)(H,32,33). The number of aromatic nitrogens is 2. The number of nitrogens with one attached hydrogen (secondary N) is 2. The Balaban J connectivity index is 1.66. The van der Waals surface area contributed by atoms with Crippen LogP contribution in [0.15, 0.2) is 66.7 Å². The molecule has 0 spiro atoms. The first-order valence-electron chi connectivity index (χ1n) is 10.4. The van der Waals surface area contributed by atoms with E-state index in [0.29, 0.717) is 34.5 Å². The zero-order chi connectivity index (χ0) is 23.6. The maximum Gasteiger partial charge on any atom is 0.417 e. The van der Waals surface area contributed by atoms with Crippen LogP contribution >= 0.6 is 0 Å². The summed E-state index contributed by atoms with van der Waals surface area (Å²) in [6, 6.07) is 18.1. The number of nitrogens with zero attached hydrogens (tertiary/aromatic N) is 1. The summed E-state index contributed by atoms with van der Waals surface area (Å²) in [4.78, 5) is 18.3. The predicted octanol–water partition coefficient (Wildman–Crippen LogP) is 6.04. The maximum absolute atomic E-state index is 13.9. The van der Waals surface area contributed by atoms with E-state index >= 15 is 0 Å². The molecule has 8 heteroatoms. The van der Waals surface area contributed by atoms with Crippen LogP contribution in [0.1, 0.15) is 30.5 Å². The van der Waals surface area contributed by atoms with Crippen LogP contribution in [-0.2, 0) is 11.0 Å². The molecule has 3 N–H and O–H groups in total. The monoisotopic (exact) mass is 453 g/mol. The van der Waals surface area contributed by atoms with Gasteiger partial charge in [0.05, 0.1) is 23.0 Å². The third-order valence-corrected chi connectivity index (χ3v) is 5.48. The number of H-pyrrole nitrogens is 1. The molecule has 4 rings (SSSR count). The molecule has 0 aliphatic carbocycles. The van der Waals surface area contributed by atoms with Gasteiger partial charge in [-0.15, -0.1) is 0 Å². The van der Waals surface area contributed by atoms with E-state index in [4.69, 9.17) is 5.11 Å². The Morgan fingerprint density at radius 2 is 1.82 bits per heavy atom. The van der Waals surface area contributed by atoms with Gasteiger partial charge in [0, 0.05) is 18.2 Å². The summed E-state index contributed by atoms with van der Waals surface area (Å²) in [6.45, 7) is 2.24. The summed E-state index contributed by atoms with van der Waals surface area (Å²) >= 11 is 0. The van der Waals surface area contributed by atoms with Crippen molar-refractivity contribution in [3.05, 3.63) is 77.9 Å². The SMILES string of the molecule is CC(NCCC(=O)O)c1ccc2[nH]c(-c3ccc(-c4ccccc4)c(C(F)(F)F)c3)nc2c1. The summed E-state index contributed by atoms with van der Waals surface area (Å²) in [5.41, 5.74) is 2.46. The van der Waals surface area contributed by atoms with E-state index in [1.807, 2.05) is 25.1 Å². The van der Waals surface area contributed by atoms with E-state index in [1.54, 1.807) is 36.4 Å². The fourth-order valence-corrected chi connectivity index (χ4v) is 3.74. The highest BCUT2D eigenvalue weighted by Crippen LogP contribution is 2.39. The topological polar surface area (TPSA) is 78.0 Å². The lowest BCUT2D eigenvalue weighted by atomic mass is 9.97. The van der Waals surface area contributed by atoms with Gasteiger partial charge < -0.3 is 15.4 Å². The van der Waals surface area contributed by atoms with Crippen LogP contribution in [0.3, 0.4) is 0 Å². The molecule has 3 aromatic carbocycles. The first-order valence-corrected chi connectivity index (χ1v) is 10.4. The van der Waals surface area contributed by atoms with Gasteiger partial charge in [-0.25, -0.2) is 4.98 Å². The van der Waals surface area contributed by atoms with Crippen molar-refractivity contribution < 1.29 is 23.1 Å². The number of aromatic amines is 1. The molecule has 0 aliphatic rings. The second-order valence-electron chi connectivity index (χ2n) is 7.81. The molecule has 0 bridgehead atoms. The zero-order valence-corrected chi connectivity index (χ0v) is 17.8. The lowest BCUT2D eigenvalue weighted by Gasteiger charge is -2.14. The van der Waals surface area contributed by atoms with Crippen LogP contribution in [0.4, 0.5) is 13.2 Å². The Hall–Kier alpha value is -3.65. The first kappa shape index (κ1) is 22.5. The van der Waals surface area contributed by atoms with Crippen LogP contribution in [0.25, 0.3) is 33.5 Å². The van der Waals surface area contributed by atoms with E-state index in [0.717, 1.165) is 11.6 Å². The Kier molecular flexibility index (Phi) is 6.20.